The number of likely N-dealkylation sites (tertiary alicyclic amines) is 2. The first-order valence-electron chi connectivity index (χ1n) is 13.4. The largest absolute Gasteiger partial charge is 0.337 e. The smallest absolute Gasteiger partial charge is 0.0949 e. The highest BCUT2D eigenvalue weighted by Crippen LogP contribution is 2.25. The molecule has 2 aliphatic rings. The van der Waals surface area contributed by atoms with E-state index < -0.39 is 0 Å². The molecule has 0 amide bonds. The number of hydrogen-bond donors (Lipinski definition) is 0. The van der Waals surface area contributed by atoms with E-state index in [-0.39, 0.29) is 0 Å². The van der Waals surface area contributed by atoms with Crippen molar-refractivity contribution in [3.05, 3.63) is 36.4 Å². The Morgan fingerprint density at radius 3 is 1.38 bits per heavy atom. The van der Waals surface area contributed by atoms with Gasteiger partial charge in [0, 0.05) is 49.7 Å². The predicted molar refractivity (Wildman–Crippen MR) is 142 cm³/mol. The van der Waals surface area contributed by atoms with Crippen molar-refractivity contribution in [3.8, 4) is 0 Å². The Morgan fingerprint density at radius 1 is 0.706 bits per heavy atom. The molecule has 4 rings (SSSR count). The number of piperidine rings is 2. The van der Waals surface area contributed by atoms with Crippen LogP contribution in [0.5, 0.6) is 0 Å². The molecule has 0 saturated carbocycles. The molecule has 0 bridgehead atoms. The standard InChI is InChI=1S/2C14H25N3/c2*1-12-8-16(11-15-12)9-13-6-5-7-17(10-13)14(2,3)4/h2*8,11,13H,5-7,9-10H2,1-4H3/t2*13-/m10/s1. The molecule has 192 valence electrons. The van der Waals surface area contributed by atoms with E-state index in [2.05, 4.69) is 96.7 Å². The van der Waals surface area contributed by atoms with Crippen LogP contribution in [-0.4, -0.2) is 66.2 Å². The van der Waals surface area contributed by atoms with Gasteiger partial charge in [0.05, 0.1) is 24.0 Å². The number of imidazole rings is 2. The van der Waals surface area contributed by atoms with E-state index in [0.717, 1.165) is 36.3 Å². The van der Waals surface area contributed by atoms with Gasteiger partial charge in [-0.1, -0.05) is 0 Å². The maximum atomic E-state index is 4.30. The van der Waals surface area contributed by atoms with E-state index >= 15 is 0 Å². The number of aromatic nitrogens is 4. The highest BCUT2D eigenvalue weighted by atomic mass is 15.2. The van der Waals surface area contributed by atoms with E-state index in [1.54, 1.807) is 0 Å². The number of aryl methyl sites for hydroxylation is 2. The molecule has 2 aromatic rings. The van der Waals surface area contributed by atoms with Gasteiger partial charge in [0.15, 0.2) is 0 Å². The van der Waals surface area contributed by atoms with Crippen molar-refractivity contribution in [2.75, 3.05) is 26.2 Å². The summed E-state index contributed by atoms with van der Waals surface area (Å²) in [5, 5.41) is 0. The van der Waals surface area contributed by atoms with Gasteiger partial charge in [-0.05, 0) is 106 Å². The van der Waals surface area contributed by atoms with E-state index in [0.29, 0.717) is 11.1 Å². The summed E-state index contributed by atoms with van der Waals surface area (Å²) >= 11 is 0. The lowest BCUT2D eigenvalue weighted by atomic mass is 9.93. The molecule has 2 fully saturated rings. The fourth-order valence-electron chi connectivity index (χ4n) is 5.39. The topological polar surface area (TPSA) is 42.1 Å². The Labute approximate surface area is 208 Å². The average Bonchev–Trinajstić information content (AvgIpc) is 3.35. The van der Waals surface area contributed by atoms with Crippen molar-refractivity contribution in [3.63, 3.8) is 0 Å². The first-order chi connectivity index (χ1) is 15.9. The van der Waals surface area contributed by atoms with Crippen molar-refractivity contribution >= 4 is 0 Å². The van der Waals surface area contributed by atoms with Crippen molar-refractivity contribution < 1.29 is 0 Å². The lowest BCUT2D eigenvalue weighted by Crippen LogP contribution is -2.47. The van der Waals surface area contributed by atoms with Crippen molar-refractivity contribution in [1.82, 2.24) is 28.9 Å². The van der Waals surface area contributed by atoms with Gasteiger partial charge in [-0.2, -0.15) is 0 Å². The average molecular weight is 471 g/mol. The summed E-state index contributed by atoms with van der Waals surface area (Å²) < 4.78 is 4.48. The Hall–Kier alpha value is -1.66. The first-order valence-corrected chi connectivity index (χ1v) is 13.4. The number of rotatable bonds is 4. The fourth-order valence-corrected chi connectivity index (χ4v) is 5.39. The van der Waals surface area contributed by atoms with E-state index in [1.165, 1.54) is 51.9 Å². The Kier molecular flexibility index (Phi) is 9.02. The van der Waals surface area contributed by atoms with Crippen LogP contribution in [0, 0.1) is 25.7 Å². The molecule has 0 radical (unpaired) electrons. The third-order valence-corrected chi connectivity index (χ3v) is 7.40. The first kappa shape index (κ1) is 26.9. The quantitative estimate of drug-likeness (QED) is 0.600. The van der Waals surface area contributed by atoms with Crippen molar-refractivity contribution in [2.45, 2.75) is 105 Å². The maximum absolute atomic E-state index is 4.30. The van der Waals surface area contributed by atoms with Crippen LogP contribution in [0.1, 0.15) is 78.6 Å². The number of hydrogen-bond acceptors (Lipinski definition) is 4. The fraction of sp³-hybridized carbons (Fsp3) is 0.786. The zero-order chi connectivity index (χ0) is 24.9. The molecule has 0 aromatic carbocycles. The van der Waals surface area contributed by atoms with Crippen LogP contribution in [0.3, 0.4) is 0 Å². The molecular formula is C28H50N6. The predicted octanol–water partition coefficient (Wildman–Crippen LogP) is 5.40. The van der Waals surface area contributed by atoms with Crippen LogP contribution >= 0.6 is 0 Å². The van der Waals surface area contributed by atoms with Crippen LogP contribution in [0.25, 0.3) is 0 Å². The van der Waals surface area contributed by atoms with Crippen molar-refractivity contribution in [2.24, 2.45) is 11.8 Å². The summed E-state index contributed by atoms with van der Waals surface area (Å²) in [7, 11) is 0. The van der Waals surface area contributed by atoms with Crippen LogP contribution in [-0.2, 0) is 13.1 Å². The van der Waals surface area contributed by atoms with Gasteiger partial charge in [0.25, 0.3) is 0 Å². The molecule has 6 heteroatoms. The van der Waals surface area contributed by atoms with E-state index in [1.807, 2.05) is 12.7 Å². The van der Waals surface area contributed by atoms with Crippen LogP contribution < -0.4 is 0 Å². The summed E-state index contributed by atoms with van der Waals surface area (Å²) in [4.78, 5) is 13.8. The van der Waals surface area contributed by atoms with Gasteiger partial charge in [0.1, 0.15) is 0 Å². The molecule has 4 heterocycles. The van der Waals surface area contributed by atoms with Crippen LogP contribution in [0.15, 0.2) is 25.0 Å². The second kappa shape index (κ2) is 11.4. The Balaban J connectivity index is 0.000000191. The van der Waals surface area contributed by atoms with Gasteiger partial charge in [-0.25, -0.2) is 9.97 Å². The zero-order valence-electron chi connectivity index (χ0n) is 23.2. The minimum atomic E-state index is 0.309. The highest BCUT2D eigenvalue weighted by Gasteiger charge is 2.28. The summed E-state index contributed by atoms with van der Waals surface area (Å²) in [6, 6.07) is 0. The maximum Gasteiger partial charge on any atom is 0.0949 e. The second-order valence-corrected chi connectivity index (χ2v) is 12.7. The van der Waals surface area contributed by atoms with Gasteiger partial charge < -0.3 is 9.13 Å². The summed E-state index contributed by atoms with van der Waals surface area (Å²) in [5.41, 5.74) is 2.86. The van der Waals surface area contributed by atoms with Gasteiger partial charge in [-0.15, -0.1) is 0 Å². The molecule has 2 saturated heterocycles. The molecule has 34 heavy (non-hydrogen) atoms. The molecule has 0 spiro atoms. The normalized spacial score (nSPS) is 22.9. The summed E-state index contributed by atoms with van der Waals surface area (Å²) in [6.07, 6.45) is 13.6. The lowest BCUT2D eigenvalue weighted by molar-refractivity contribution is 0.0733. The zero-order valence-corrected chi connectivity index (χ0v) is 23.2. The summed E-state index contributed by atoms with van der Waals surface area (Å²) in [6.45, 7) is 25.2. The van der Waals surface area contributed by atoms with Crippen LogP contribution in [0.2, 0.25) is 0 Å². The molecule has 0 unspecified atom stereocenters. The number of nitrogens with zero attached hydrogens (tertiary/aromatic N) is 6. The third-order valence-electron chi connectivity index (χ3n) is 7.40. The van der Waals surface area contributed by atoms with Gasteiger partial charge in [0.2, 0.25) is 0 Å². The SMILES string of the molecule is Cc1cn(C[C@@H]2CCCN(C(C)(C)C)C2)cn1.Cc1cn(C[C@H]2CCCN(C(C)(C)C)C2)cn1. The monoisotopic (exact) mass is 470 g/mol. The molecule has 0 N–H and O–H groups in total. The minimum Gasteiger partial charge on any atom is -0.337 e. The highest BCUT2D eigenvalue weighted by molar-refractivity contribution is 4.94. The van der Waals surface area contributed by atoms with Crippen molar-refractivity contribution in [1.29, 1.82) is 0 Å². The molecule has 6 nitrogen and oxygen atoms in total. The van der Waals surface area contributed by atoms with E-state index in [9.17, 15) is 0 Å². The summed E-state index contributed by atoms with van der Waals surface area (Å²) in [5.74, 6) is 1.55. The Bertz CT molecular complexity index is 796. The van der Waals surface area contributed by atoms with Gasteiger partial charge in [-0.3, -0.25) is 9.80 Å². The molecule has 0 aliphatic carbocycles. The third kappa shape index (κ3) is 8.23. The van der Waals surface area contributed by atoms with Gasteiger partial charge >= 0.3 is 0 Å². The molecule has 2 atom stereocenters. The molecular weight excluding hydrogens is 420 g/mol. The molecule has 2 aromatic heterocycles. The van der Waals surface area contributed by atoms with Crippen LogP contribution in [0.4, 0.5) is 0 Å². The van der Waals surface area contributed by atoms with E-state index in [4.69, 9.17) is 0 Å². The lowest BCUT2D eigenvalue weighted by Gasteiger charge is -2.41. The minimum absolute atomic E-state index is 0.309. The second-order valence-electron chi connectivity index (χ2n) is 12.7. The molecule has 2 aliphatic heterocycles. The Morgan fingerprint density at radius 2 is 1.09 bits per heavy atom.